The fourth-order valence-corrected chi connectivity index (χ4v) is 11.0. The van der Waals surface area contributed by atoms with E-state index >= 15 is 0 Å². The zero-order valence-corrected chi connectivity index (χ0v) is 77.5. The molecule has 51 heteroatoms. The van der Waals surface area contributed by atoms with Crippen LogP contribution in [0.1, 0.15) is 102 Å². The molecule has 8 N–H and O–H groups in total. The third-order valence-electron chi connectivity index (χ3n) is 15.3. The molecule has 6 aromatic heterocycles. The van der Waals surface area contributed by atoms with Gasteiger partial charge in [0, 0.05) is 29.2 Å². The zero-order chi connectivity index (χ0) is 90.6. The normalized spacial score (nSPS) is 13.6. The Hall–Kier alpha value is -8.66. The van der Waals surface area contributed by atoms with E-state index in [1.165, 1.54) is 46.6 Å². The quantitative estimate of drug-likeness (QED) is 0.00445. The number of alkyl halides is 13. The Balaban J connectivity index is 0.000000399. The van der Waals surface area contributed by atoms with Crippen molar-refractivity contribution < 1.29 is 238 Å². The molecule has 0 saturated heterocycles. The summed E-state index contributed by atoms with van der Waals surface area (Å²) in [5.74, 6) is -5.44. The number of aromatic amines is 1. The molecule has 0 aliphatic carbocycles. The van der Waals surface area contributed by atoms with E-state index in [1.807, 2.05) is 20.0 Å². The second-order valence-corrected chi connectivity index (χ2v) is 26.6. The van der Waals surface area contributed by atoms with E-state index in [2.05, 4.69) is 135 Å². The van der Waals surface area contributed by atoms with Crippen LogP contribution in [0.3, 0.4) is 0 Å². The number of carbonyl (C=O) groups excluding carboxylic acids is 3. The Morgan fingerprint density at radius 3 is 1.35 bits per heavy atom. The second-order valence-electron chi connectivity index (χ2n) is 23.5. The molecule has 2 atom stereocenters. The predicted octanol–water partition coefficient (Wildman–Crippen LogP) is 8.97. The van der Waals surface area contributed by atoms with E-state index < -0.39 is 100 Å². The second kappa shape index (κ2) is 50.6. The van der Waals surface area contributed by atoms with Crippen molar-refractivity contribution in [3.05, 3.63) is 262 Å². The Bertz CT molecular complexity index is 5390. The van der Waals surface area contributed by atoms with E-state index in [1.54, 1.807) is 65.9 Å². The minimum atomic E-state index is -4.92. The number of Topliss-reactive ketones (excluding diaryl/α,β-unsaturated/α-hetero) is 2. The summed E-state index contributed by atoms with van der Waals surface area (Å²) in [5.41, 5.74) is 14.3. The van der Waals surface area contributed by atoms with Crippen LogP contribution in [0, 0.1) is 37.1 Å². The fourth-order valence-electron chi connectivity index (χ4n) is 9.49. The number of hydrogen-bond acceptors (Lipinski definition) is 25. The third-order valence-corrected chi connectivity index (χ3v) is 17.6. The molecule has 0 amide bonds. The fraction of sp³-hybridized carbons (Fsp3) is 0.219. The monoisotopic (exact) mass is 2070 g/mol. The summed E-state index contributed by atoms with van der Waals surface area (Å²) in [7, 11) is 5.80. The number of nitrogens with two attached hydrogens (primary N) is 2. The number of rotatable bonds is 18. The smallest absolute Gasteiger partial charge is 1.00 e. The number of benzene rings is 4. The van der Waals surface area contributed by atoms with Gasteiger partial charge in [0.2, 0.25) is 29.3 Å². The first-order valence-corrected chi connectivity index (χ1v) is 36.8. The standard InChI is InChI=1S/C20H17F4N5O2.C16H12BrF4N3O3.C16H12BrF4N3O2.C9H5BrF4O.C7H8BrN3O2.C4H6N2.CH2O3.2K.H/c1-11-8-29(10-25-11)17-6-5-15(27-19(17)30-2)18-26-16(9-31-28-18)12-3-4-14(21)13(7-12)20(22,23)24;1-26-15-10(17)3-5-12(23-15)14(22)24-27-7-13(25)8-2-4-11(18)9(6-8)16(19,20)21;1-25-15-10(17)3-5-12(23-15)14-22-13(7-26-24-14)8-2-4-11(18)9(6-8)16(19,20)21;10-4-8(15)5-1-2-7(11)6(3-5)9(12,13)14;1-13-7-4(8)2-3-5(10-7)6(9)11-12;1-4-2-5-3-6-4;2-1-4-3;;;/h3-8,10,16H,9H2,1-2H3,(H,26,28);2-6H,7H2,1H3,(H2,22,24);2-6,13H,7H2,1H3,(H,22,24);1-3H,4H2;2-3,12H,1H3,(H2,9,11);2-3H,1H3,(H,5,6);1,3H;;;/q;;;;;;;2*+1;-1/p-1. The van der Waals surface area contributed by atoms with Crippen LogP contribution in [0.4, 0.5) is 70.2 Å². The van der Waals surface area contributed by atoms with Crippen LogP contribution in [0.2, 0.25) is 0 Å². The molecule has 12 rings (SSSR count). The Morgan fingerprint density at radius 2 is 0.984 bits per heavy atom. The summed E-state index contributed by atoms with van der Waals surface area (Å²) in [4.78, 5) is 85.8. The molecule has 2 unspecified atom stereocenters. The van der Waals surface area contributed by atoms with Crippen molar-refractivity contribution >= 4 is 105 Å². The zero-order valence-electron chi connectivity index (χ0n) is 65.9. The number of aryl methyl sites for hydroxylation is 2. The number of nitrogens with zero attached hydrogens (tertiary/aromatic N) is 11. The summed E-state index contributed by atoms with van der Waals surface area (Å²) in [5, 5.41) is 23.0. The first kappa shape index (κ1) is 108. The van der Waals surface area contributed by atoms with Gasteiger partial charge in [-0.1, -0.05) is 38.4 Å². The molecular formula is C73H62Br4F16K2N16O13. The van der Waals surface area contributed by atoms with Gasteiger partial charge in [-0.15, -0.1) is 0 Å². The number of aliphatic imine (C=N–C) groups is 2. The minimum absolute atomic E-state index is 0. The third kappa shape index (κ3) is 32.3. The molecule has 0 spiro atoms. The number of oxime groups is 2. The van der Waals surface area contributed by atoms with E-state index in [0.29, 0.717) is 78.1 Å². The van der Waals surface area contributed by atoms with Gasteiger partial charge >= 0.3 is 127 Å². The number of hydrogen-bond donors (Lipinski definition) is 6. The maximum atomic E-state index is 13.6. The largest absolute Gasteiger partial charge is 1.00 e. The van der Waals surface area contributed by atoms with Crippen molar-refractivity contribution in [2.24, 2.45) is 31.8 Å². The van der Waals surface area contributed by atoms with Crippen LogP contribution >= 0.6 is 63.7 Å². The van der Waals surface area contributed by atoms with Crippen molar-refractivity contribution in [2.45, 2.75) is 50.6 Å². The van der Waals surface area contributed by atoms with Crippen LogP contribution in [0.5, 0.6) is 23.5 Å². The average Bonchev–Trinajstić information content (AvgIpc) is 1.52. The summed E-state index contributed by atoms with van der Waals surface area (Å²) in [6, 6.07) is 21.2. The van der Waals surface area contributed by atoms with Crippen LogP contribution in [0.25, 0.3) is 5.69 Å². The SMILES string of the molecule is COc1nc(/C(N)=N/O)ccc1Br.COc1nc(/C(N)=N/OCC(=O)c2ccc(F)c(C(F)(F)F)c2)ccc1Br.COc1nc(C2=NC(c3ccc(F)c(C(F)(F)F)c3)CON2)ccc1-n1cnc(C)c1.COc1nc(C2=NC(c3ccc(F)c(C(F)(F)F)c3)CON2)ccc1Br.Cc1cnc[nH]1.O=C(CBr)c1ccc(F)c(C(F)(F)F)c1.O=CO[O-].[H-].[K+].[K+]. The summed E-state index contributed by atoms with van der Waals surface area (Å²) < 4.78 is 230. The van der Waals surface area contributed by atoms with Gasteiger partial charge in [-0.25, -0.2) is 58.4 Å². The predicted molar refractivity (Wildman–Crippen MR) is 414 cm³/mol. The van der Waals surface area contributed by atoms with Gasteiger partial charge in [-0.2, -0.15) is 52.7 Å². The Labute approximate surface area is 811 Å². The molecule has 0 bridgehead atoms. The molecule has 654 valence electrons. The van der Waals surface area contributed by atoms with E-state index in [-0.39, 0.29) is 186 Å². The van der Waals surface area contributed by atoms with Crippen molar-refractivity contribution in [3.63, 3.8) is 0 Å². The molecular weight excluding hydrogens is 2010 g/mol. The number of amidine groups is 4. The molecule has 0 fully saturated rings. The Morgan fingerprint density at radius 1 is 0.589 bits per heavy atom. The number of ketones is 2. The number of imidazole rings is 2. The van der Waals surface area contributed by atoms with Gasteiger partial charge < -0.3 is 61.6 Å². The number of nitrogens with one attached hydrogen (secondary N) is 3. The molecule has 2 aliphatic rings. The van der Waals surface area contributed by atoms with Gasteiger partial charge in [0.15, 0.2) is 35.7 Å². The molecule has 0 saturated carbocycles. The van der Waals surface area contributed by atoms with Crippen molar-refractivity contribution in [1.29, 1.82) is 0 Å². The van der Waals surface area contributed by atoms with E-state index in [9.17, 15) is 79.8 Å². The molecule has 2 aliphatic heterocycles. The molecule has 4 aromatic carbocycles. The van der Waals surface area contributed by atoms with Gasteiger partial charge in [0.25, 0.3) is 6.47 Å². The number of H-pyrrole nitrogens is 1. The average molecular weight is 2070 g/mol. The maximum Gasteiger partial charge on any atom is 1.00 e. The maximum absolute atomic E-state index is 13.6. The number of ether oxygens (including phenoxy) is 4. The first-order valence-electron chi connectivity index (χ1n) is 33.3. The van der Waals surface area contributed by atoms with E-state index in [4.69, 9.17) is 60.2 Å². The molecule has 124 heavy (non-hydrogen) atoms. The number of hydroxylamine groups is 2. The van der Waals surface area contributed by atoms with Gasteiger partial charge in [0.1, 0.15) is 77.0 Å². The van der Waals surface area contributed by atoms with Crippen LogP contribution in [-0.4, -0.2) is 140 Å². The van der Waals surface area contributed by atoms with Crippen LogP contribution in [0.15, 0.2) is 180 Å². The van der Waals surface area contributed by atoms with Gasteiger partial charge in [-0.3, -0.25) is 34.0 Å². The van der Waals surface area contributed by atoms with Crippen molar-refractivity contribution in [1.82, 2.24) is 50.4 Å². The molecule has 8 heterocycles. The number of aromatic nitrogens is 8. The first-order chi connectivity index (χ1) is 57.5. The summed E-state index contributed by atoms with van der Waals surface area (Å²) >= 11 is 12.5. The van der Waals surface area contributed by atoms with Crippen LogP contribution < -0.4 is 149 Å². The number of halogens is 20. The Kier molecular flexibility index (Phi) is 44.0. The number of carbonyl (C=O) groups is 3. The molecule has 10 aromatic rings. The molecule has 29 nitrogen and oxygen atoms in total. The summed E-state index contributed by atoms with van der Waals surface area (Å²) in [6.45, 7) is 2.89. The van der Waals surface area contributed by atoms with Crippen molar-refractivity contribution in [3.8, 4) is 29.2 Å². The number of methoxy groups -OCH3 is 4. The van der Waals surface area contributed by atoms with E-state index in [0.717, 1.165) is 47.8 Å². The van der Waals surface area contributed by atoms with Gasteiger partial charge in [0.05, 0.1) is 87.8 Å². The van der Waals surface area contributed by atoms with Crippen molar-refractivity contribution in [2.75, 3.05) is 53.6 Å². The number of pyridine rings is 4. The topological polar surface area (TPSA) is 392 Å². The minimum Gasteiger partial charge on any atom is -1.00 e. The van der Waals surface area contributed by atoms with Gasteiger partial charge in [-0.05, 0) is 182 Å². The molecule has 0 radical (unpaired) electrons. The van der Waals surface area contributed by atoms with Crippen LogP contribution in [-0.2, 0) is 48.9 Å². The summed E-state index contributed by atoms with van der Waals surface area (Å²) in [6.07, 6.45) is -12.4.